The molecular weight excluding hydrogens is 290 g/mol. The van der Waals surface area contributed by atoms with Crippen LogP contribution in [0.2, 0.25) is 0 Å². The maximum Gasteiger partial charge on any atom is 0.240 e. The van der Waals surface area contributed by atoms with Gasteiger partial charge in [0.25, 0.3) is 0 Å². The van der Waals surface area contributed by atoms with Gasteiger partial charge in [-0.3, -0.25) is 0 Å². The second kappa shape index (κ2) is 7.89. The first kappa shape index (κ1) is 16.4. The number of hydrogen-bond acceptors (Lipinski definition) is 4. The average molecular weight is 313 g/mol. The molecular formula is C15H23NO4S. The van der Waals surface area contributed by atoms with Crippen LogP contribution < -0.4 is 4.72 Å². The molecule has 1 atom stereocenters. The molecule has 0 amide bonds. The van der Waals surface area contributed by atoms with Crippen LogP contribution in [0.25, 0.3) is 0 Å². The molecule has 1 saturated heterocycles. The van der Waals surface area contributed by atoms with Crippen molar-refractivity contribution in [3.63, 3.8) is 0 Å². The molecule has 6 heteroatoms. The van der Waals surface area contributed by atoms with E-state index >= 15 is 0 Å². The molecule has 1 aliphatic heterocycles. The lowest BCUT2D eigenvalue weighted by Crippen LogP contribution is -2.26. The number of rotatable bonds is 8. The van der Waals surface area contributed by atoms with Crippen molar-refractivity contribution in [2.45, 2.75) is 37.2 Å². The van der Waals surface area contributed by atoms with Gasteiger partial charge >= 0.3 is 0 Å². The number of ether oxygens (including phenoxy) is 2. The predicted molar refractivity (Wildman–Crippen MR) is 80.8 cm³/mol. The number of hydrogen-bond donors (Lipinski definition) is 1. The van der Waals surface area contributed by atoms with Crippen LogP contribution in [0.15, 0.2) is 29.2 Å². The van der Waals surface area contributed by atoms with Crippen molar-refractivity contribution < 1.29 is 17.9 Å². The SMILES string of the molecule is Cc1ccc(S(=O)(=O)NCCCOCC2CCCO2)cc1. The van der Waals surface area contributed by atoms with Crippen LogP contribution in [0.1, 0.15) is 24.8 Å². The summed E-state index contributed by atoms with van der Waals surface area (Å²) >= 11 is 0. The molecule has 0 aromatic heterocycles. The Hall–Kier alpha value is -0.950. The molecule has 1 heterocycles. The fourth-order valence-electron chi connectivity index (χ4n) is 2.17. The van der Waals surface area contributed by atoms with Crippen LogP contribution in [-0.4, -0.2) is 40.9 Å². The third-order valence-electron chi connectivity index (χ3n) is 3.42. The highest BCUT2D eigenvalue weighted by molar-refractivity contribution is 7.89. The van der Waals surface area contributed by atoms with Crippen LogP contribution in [0, 0.1) is 6.92 Å². The molecule has 1 aromatic carbocycles. The fourth-order valence-corrected chi connectivity index (χ4v) is 3.25. The van der Waals surface area contributed by atoms with Crippen LogP contribution in [0.3, 0.4) is 0 Å². The number of sulfonamides is 1. The molecule has 0 radical (unpaired) electrons. The minimum Gasteiger partial charge on any atom is -0.379 e. The normalized spacial score (nSPS) is 19.0. The van der Waals surface area contributed by atoms with Crippen molar-refractivity contribution in [2.75, 3.05) is 26.4 Å². The third-order valence-corrected chi connectivity index (χ3v) is 4.89. The summed E-state index contributed by atoms with van der Waals surface area (Å²) in [6.45, 7) is 4.27. The Bertz CT molecular complexity index is 521. The highest BCUT2D eigenvalue weighted by Gasteiger charge is 2.15. The molecule has 1 unspecified atom stereocenters. The van der Waals surface area contributed by atoms with Gasteiger partial charge in [-0.25, -0.2) is 13.1 Å². The van der Waals surface area contributed by atoms with Gasteiger partial charge in [0.05, 0.1) is 17.6 Å². The van der Waals surface area contributed by atoms with Crippen LogP contribution in [-0.2, 0) is 19.5 Å². The van der Waals surface area contributed by atoms with Gasteiger partial charge in [-0.2, -0.15) is 0 Å². The summed E-state index contributed by atoms with van der Waals surface area (Å²) in [5.41, 5.74) is 1.04. The standard InChI is InChI=1S/C15H23NO4S/c1-13-5-7-15(8-6-13)21(17,18)16-9-3-10-19-12-14-4-2-11-20-14/h5-8,14,16H,2-4,9-12H2,1H3. The number of nitrogens with one attached hydrogen (secondary N) is 1. The Kier molecular flexibility index (Phi) is 6.17. The molecule has 118 valence electrons. The lowest BCUT2D eigenvalue weighted by atomic mass is 10.2. The summed E-state index contributed by atoms with van der Waals surface area (Å²) in [5, 5.41) is 0. The van der Waals surface area contributed by atoms with Crippen molar-refractivity contribution in [3.8, 4) is 0 Å². The minimum atomic E-state index is -3.41. The van der Waals surface area contributed by atoms with Gasteiger partial charge in [-0.15, -0.1) is 0 Å². The molecule has 5 nitrogen and oxygen atoms in total. The Morgan fingerprint density at radius 2 is 2.10 bits per heavy atom. The zero-order chi connectivity index (χ0) is 15.1. The van der Waals surface area contributed by atoms with Gasteiger partial charge in [-0.05, 0) is 38.3 Å². The van der Waals surface area contributed by atoms with Crippen molar-refractivity contribution >= 4 is 10.0 Å². The maximum absolute atomic E-state index is 12.0. The molecule has 1 aliphatic rings. The van der Waals surface area contributed by atoms with Gasteiger partial charge in [0.15, 0.2) is 0 Å². The highest BCUT2D eigenvalue weighted by atomic mass is 32.2. The van der Waals surface area contributed by atoms with Crippen LogP contribution in [0.5, 0.6) is 0 Å². The Balaban J connectivity index is 1.64. The van der Waals surface area contributed by atoms with Gasteiger partial charge in [0.2, 0.25) is 10.0 Å². The molecule has 0 saturated carbocycles. The summed E-state index contributed by atoms with van der Waals surface area (Å²) in [6, 6.07) is 6.82. The molecule has 21 heavy (non-hydrogen) atoms. The van der Waals surface area contributed by atoms with E-state index in [1.807, 2.05) is 6.92 Å². The van der Waals surface area contributed by atoms with Gasteiger partial charge in [0, 0.05) is 19.8 Å². The van der Waals surface area contributed by atoms with Gasteiger partial charge in [-0.1, -0.05) is 17.7 Å². The maximum atomic E-state index is 12.0. The number of benzene rings is 1. The van der Waals surface area contributed by atoms with E-state index in [1.165, 1.54) is 0 Å². The summed E-state index contributed by atoms with van der Waals surface area (Å²) in [5.74, 6) is 0. The van der Waals surface area contributed by atoms with E-state index in [4.69, 9.17) is 9.47 Å². The van der Waals surface area contributed by atoms with Gasteiger partial charge < -0.3 is 9.47 Å². The van der Waals surface area contributed by atoms with E-state index in [0.717, 1.165) is 25.0 Å². The second-order valence-corrected chi connectivity index (χ2v) is 7.04. The average Bonchev–Trinajstić information content (AvgIpc) is 2.96. The van der Waals surface area contributed by atoms with Crippen molar-refractivity contribution in [3.05, 3.63) is 29.8 Å². The molecule has 0 bridgehead atoms. The summed E-state index contributed by atoms with van der Waals surface area (Å²) in [6.07, 6.45) is 3.02. The van der Waals surface area contributed by atoms with E-state index in [1.54, 1.807) is 24.3 Å². The monoisotopic (exact) mass is 313 g/mol. The van der Waals surface area contributed by atoms with Crippen LogP contribution in [0.4, 0.5) is 0 Å². The number of aryl methyl sites for hydroxylation is 1. The lowest BCUT2D eigenvalue weighted by Gasteiger charge is -2.10. The Morgan fingerprint density at radius 3 is 2.76 bits per heavy atom. The summed E-state index contributed by atoms with van der Waals surface area (Å²) in [4.78, 5) is 0.299. The fraction of sp³-hybridized carbons (Fsp3) is 0.600. The molecule has 0 aliphatic carbocycles. The lowest BCUT2D eigenvalue weighted by molar-refractivity contribution is 0.0169. The summed E-state index contributed by atoms with van der Waals surface area (Å²) < 4.78 is 37.5. The Morgan fingerprint density at radius 1 is 1.33 bits per heavy atom. The van der Waals surface area contributed by atoms with Crippen molar-refractivity contribution in [1.82, 2.24) is 4.72 Å². The molecule has 0 spiro atoms. The zero-order valence-corrected chi connectivity index (χ0v) is 13.2. The third kappa shape index (κ3) is 5.39. The first-order valence-corrected chi connectivity index (χ1v) is 8.82. The largest absolute Gasteiger partial charge is 0.379 e. The minimum absolute atomic E-state index is 0.217. The molecule has 2 rings (SSSR count). The second-order valence-electron chi connectivity index (χ2n) is 5.27. The Labute approximate surface area is 126 Å². The van der Waals surface area contributed by atoms with E-state index in [2.05, 4.69) is 4.72 Å². The van der Waals surface area contributed by atoms with Crippen LogP contribution >= 0.6 is 0 Å². The van der Waals surface area contributed by atoms with Crippen molar-refractivity contribution in [2.24, 2.45) is 0 Å². The topological polar surface area (TPSA) is 64.6 Å². The van der Waals surface area contributed by atoms with E-state index in [-0.39, 0.29) is 6.10 Å². The summed E-state index contributed by atoms with van der Waals surface area (Å²) in [7, 11) is -3.41. The van der Waals surface area contributed by atoms with Crippen molar-refractivity contribution in [1.29, 1.82) is 0 Å². The molecule has 1 N–H and O–H groups in total. The van der Waals surface area contributed by atoms with E-state index < -0.39 is 10.0 Å². The van der Waals surface area contributed by atoms with E-state index in [0.29, 0.717) is 31.1 Å². The molecule has 1 fully saturated rings. The zero-order valence-electron chi connectivity index (χ0n) is 12.4. The highest BCUT2D eigenvalue weighted by Crippen LogP contribution is 2.12. The molecule has 1 aromatic rings. The quantitative estimate of drug-likeness (QED) is 0.744. The van der Waals surface area contributed by atoms with E-state index in [9.17, 15) is 8.42 Å². The predicted octanol–water partition coefficient (Wildman–Crippen LogP) is 1.86. The smallest absolute Gasteiger partial charge is 0.240 e. The first-order chi connectivity index (χ1) is 10.1. The first-order valence-electron chi connectivity index (χ1n) is 7.33. The van der Waals surface area contributed by atoms with Gasteiger partial charge in [0.1, 0.15) is 0 Å².